The highest BCUT2D eigenvalue weighted by molar-refractivity contribution is 7.06. The van der Waals surface area contributed by atoms with Crippen LogP contribution in [0.15, 0.2) is 84.1 Å². The van der Waals surface area contributed by atoms with Crippen LogP contribution in [0.1, 0.15) is 27.2 Å². The molecule has 0 bridgehead atoms. The van der Waals surface area contributed by atoms with E-state index in [-0.39, 0.29) is 5.54 Å². The van der Waals surface area contributed by atoms with Gasteiger partial charge in [-0.15, -0.1) is 0 Å². The molecule has 0 radical (unpaired) electrons. The molecule has 0 fully saturated rings. The van der Waals surface area contributed by atoms with Crippen molar-refractivity contribution >= 4 is 18.6 Å². The summed E-state index contributed by atoms with van der Waals surface area (Å²) >= 11 is 0. The zero-order chi connectivity index (χ0) is 16.3. The molecular weight excluding hydrogens is 294 g/mol. The Morgan fingerprint density at radius 3 is 1.74 bits per heavy atom. The van der Waals surface area contributed by atoms with Crippen LogP contribution in [-0.4, -0.2) is 13.8 Å². The van der Waals surface area contributed by atoms with Gasteiger partial charge >= 0.3 is 0 Å². The Morgan fingerprint density at radius 1 is 0.826 bits per heavy atom. The van der Waals surface area contributed by atoms with Gasteiger partial charge in [-0.3, -0.25) is 0 Å². The van der Waals surface area contributed by atoms with E-state index in [2.05, 4.69) is 105 Å². The molecule has 1 aliphatic rings. The summed E-state index contributed by atoms with van der Waals surface area (Å²) in [6.45, 7) is 6.79. The Hall–Kier alpha value is -1.90. The van der Waals surface area contributed by atoms with Crippen LogP contribution in [0.2, 0.25) is 0 Å². The molecule has 0 atom stereocenters. The molecule has 2 aromatic rings. The Balaban J connectivity index is 2.27. The Bertz CT molecular complexity index is 669. The minimum Gasteiger partial charge on any atom is -0.322 e. The van der Waals surface area contributed by atoms with Crippen molar-refractivity contribution < 1.29 is 0 Å². The van der Waals surface area contributed by atoms with E-state index in [1.807, 2.05) is 0 Å². The standard InChI is InChI=1S/C21H25NSi/c1-21(2,3)22-23(20-16-10-11-17-20,18-12-6-4-7-13-18)19-14-8-5-9-15-19/h4-10,12-17,22H,11H2,1-3H3. The largest absolute Gasteiger partial charge is 0.322 e. The molecule has 0 saturated carbocycles. The zero-order valence-electron chi connectivity index (χ0n) is 14.2. The molecule has 2 heteroatoms. The molecule has 3 rings (SSSR count). The van der Waals surface area contributed by atoms with Crippen LogP contribution >= 0.6 is 0 Å². The maximum absolute atomic E-state index is 4.06. The fraction of sp³-hybridized carbons (Fsp3) is 0.238. The lowest BCUT2D eigenvalue weighted by molar-refractivity contribution is 0.517. The topological polar surface area (TPSA) is 12.0 Å². The molecule has 2 aromatic carbocycles. The van der Waals surface area contributed by atoms with Gasteiger partial charge in [-0.05, 0) is 42.8 Å². The first kappa shape index (κ1) is 16.0. The van der Waals surface area contributed by atoms with Crippen LogP contribution in [0.3, 0.4) is 0 Å². The van der Waals surface area contributed by atoms with Gasteiger partial charge in [-0.1, -0.05) is 78.9 Å². The van der Waals surface area contributed by atoms with Crippen molar-refractivity contribution in [3.63, 3.8) is 0 Å². The molecule has 118 valence electrons. The molecule has 0 amide bonds. The van der Waals surface area contributed by atoms with Gasteiger partial charge in [0, 0.05) is 5.54 Å². The summed E-state index contributed by atoms with van der Waals surface area (Å²) in [5.41, 5.74) is 0.0369. The van der Waals surface area contributed by atoms with E-state index in [0.717, 1.165) is 6.42 Å². The SMILES string of the molecule is CC(C)(C)N[Si](C1=CCC=C1)(c1ccccc1)c1ccccc1. The van der Waals surface area contributed by atoms with E-state index >= 15 is 0 Å². The second kappa shape index (κ2) is 6.30. The van der Waals surface area contributed by atoms with Crippen molar-refractivity contribution in [1.29, 1.82) is 0 Å². The second-order valence-electron chi connectivity index (χ2n) is 7.15. The monoisotopic (exact) mass is 319 g/mol. The summed E-state index contributed by atoms with van der Waals surface area (Å²) < 4.78 is 0. The van der Waals surface area contributed by atoms with Gasteiger partial charge in [0.05, 0.1) is 0 Å². The molecule has 0 heterocycles. The van der Waals surface area contributed by atoms with E-state index < -0.39 is 8.24 Å². The van der Waals surface area contributed by atoms with Gasteiger partial charge in [-0.25, -0.2) is 0 Å². The molecule has 0 aromatic heterocycles. The van der Waals surface area contributed by atoms with Crippen LogP contribution in [0.25, 0.3) is 0 Å². The molecule has 0 spiro atoms. The summed E-state index contributed by atoms with van der Waals surface area (Å²) in [6, 6.07) is 22.0. The van der Waals surface area contributed by atoms with Crippen LogP contribution in [0.5, 0.6) is 0 Å². The predicted molar refractivity (Wildman–Crippen MR) is 103 cm³/mol. The highest BCUT2D eigenvalue weighted by atomic mass is 28.3. The summed E-state index contributed by atoms with van der Waals surface area (Å²) in [4.78, 5) is 4.06. The van der Waals surface area contributed by atoms with Crippen LogP contribution in [0, 0.1) is 0 Å². The summed E-state index contributed by atoms with van der Waals surface area (Å²) in [6.07, 6.45) is 8.03. The van der Waals surface area contributed by atoms with Gasteiger partial charge in [-0.2, -0.15) is 0 Å². The average molecular weight is 320 g/mol. The van der Waals surface area contributed by atoms with E-state index in [0.29, 0.717) is 0 Å². The van der Waals surface area contributed by atoms with Gasteiger partial charge in [0.25, 0.3) is 0 Å². The number of hydrogen-bond donors (Lipinski definition) is 1. The molecule has 1 nitrogen and oxygen atoms in total. The van der Waals surface area contributed by atoms with Gasteiger partial charge in [0.15, 0.2) is 0 Å². The lowest BCUT2D eigenvalue weighted by Crippen LogP contribution is -2.73. The Morgan fingerprint density at radius 2 is 1.35 bits per heavy atom. The van der Waals surface area contributed by atoms with E-state index in [1.54, 1.807) is 0 Å². The quantitative estimate of drug-likeness (QED) is 0.850. The number of rotatable bonds is 4. The number of allylic oxidation sites excluding steroid dienone is 4. The first-order valence-electron chi connectivity index (χ1n) is 8.30. The third kappa shape index (κ3) is 3.24. The average Bonchev–Trinajstić information content (AvgIpc) is 3.08. The molecule has 1 N–H and O–H groups in total. The van der Waals surface area contributed by atoms with Crippen LogP contribution in [0.4, 0.5) is 0 Å². The fourth-order valence-corrected chi connectivity index (χ4v) is 8.13. The lowest BCUT2D eigenvalue weighted by atomic mass is 10.1. The zero-order valence-corrected chi connectivity index (χ0v) is 15.2. The maximum Gasteiger partial charge on any atom is 0.222 e. The van der Waals surface area contributed by atoms with E-state index in [9.17, 15) is 0 Å². The molecule has 0 aliphatic heterocycles. The second-order valence-corrected chi connectivity index (χ2v) is 10.6. The minimum atomic E-state index is -2.23. The Kier molecular flexibility index (Phi) is 4.38. The van der Waals surface area contributed by atoms with E-state index in [4.69, 9.17) is 0 Å². The molecule has 0 saturated heterocycles. The van der Waals surface area contributed by atoms with Crippen molar-refractivity contribution in [2.24, 2.45) is 0 Å². The van der Waals surface area contributed by atoms with Crippen molar-refractivity contribution in [1.82, 2.24) is 4.98 Å². The number of nitrogens with one attached hydrogen (secondary N) is 1. The first-order chi connectivity index (χ1) is 11.0. The van der Waals surface area contributed by atoms with Gasteiger partial charge in [0.2, 0.25) is 8.24 Å². The first-order valence-corrected chi connectivity index (χ1v) is 10.3. The van der Waals surface area contributed by atoms with Gasteiger partial charge < -0.3 is 4.98 Å². The van der Waals surface area contributed by atoms with Crippen LogP contribution < -0.4 is 15.4 Å². The highest BCUT2D eigenvalue weighted by Gasteiger charge is 2.43. The highest BCUT2D eigenvalue weighted by Crippen LogP contribution is 2.22. The van der Waals surface area contributed by atoms with Crippen molar-refractivity contribution in [3.8, 4) is 0 Å². The molecule has 0 unspecified atom stereocenters. The summed E-state index contributed by atoms with van der Waals surface area (Å²) in [5.74, 6) is 0. The molecule has 1 aliphatic carbocycles. The Labute approximate surface area is 140 Å². The number of hydrogen-bond acceptors (Lipinski definition) is 1. The van der Waals surface area contributed by atoms with Crippen molar-refractivity contribution in [3.05, 3.63) is 84.1 Å². The van der Waals surface area contributed by atoms with Crippen LogP contribution in [-0.2, 0) is 0 Å². The van der Waals surface area contributed by atoms with Crippen molar-refractivity contribution in [2.45, 2.75) is 32.7 Å². The predicted octanol–water partition coefficient (Wildman–Crippen LogP) is 3.56. The van der Waals surface area contributed by atoms with Crippen molar-refractivity contribution in [2.75, 3.05) is 0 Å². The summed E-state index contributed by atoms with van der Waals surface area (Å²) in [5, 5.41) is 4.29. The normalized spacial score (nSPS) is 14.8. The van der Waals surface area contributed by atoms with Gasteiger partial charge in [0.1, 0.15) is 0 Å². The lowest BCUT2D eigenvalue weighted by Gasteiger charge is -2.40. The number of benzene rings is 2. The molecule has 23 heavy (non-hydrogen) atoms. The van der Waals surface area contributed by atoms with E-state index in [1.165, 1.54) is 15.6 Å². The minimum absolute atomic E-state index is 0.0369. The maximum atomic E-state index is 4.06. The molecular formula is C21H25NSi. The third-order valence-corrected chi connectivity index (χ3v) is 8.94. The smallest absolute Gasteiger partial charge is 0.222 e. The summed E-state index contributed by atoms with van der Waals surface area (Å²) in [7, 11) is -2.23. The fourth-order valence-electron chi connectivity index (χ4n) is 3.39. The third-order valence-electron chi connectivity index (χ3n) is 4.18.